The van der Waals surface area contributed by atoms with Crippen LogP contribution in [-0.4, -0.2) is 9.52 Å². The Balaban J connectivity index is 0.000000200. The molecule has 220 valence electrons. The van der Waals surface area contributed by atoms with Crippen LogP contribution in [0.25, 0.3) is 43.8 Å². The normalized spacial score (nSPS) is 10.2. The maximum absolute atomic E-state index is 4.93. The summed E-state index contributed by atoms with van der Waals surface area (Å²) < 4.78 is 0. The molecule has 6 rings (SSSR count). The predicted molar refractivity (Wildman–Crippen MR) is 192 cm³/mol. The van der Waals surface area contributed by atoms with Gasteiger partial charge in [-0.1, -0.05) is 109 Å². The summed E-state index contributed by atoms with van der Waals surface area (Å²) in [6, 6.07) is 35.9. The van der Waals surface area contributed by atoms with Crippen LogP contribution in [-0.2, 0) is 27.3 Å². The molecule has 0 N–H and O–H groups in total. The van der Waals surface area contributed by atoms with Gasteiger partial charge >= 0.3 is 37.9 Å². The van der Waals surface area contributed by atoms with E-state index in [1.807, 2.05) is 0 Å². The molecule has 6 aromatic rings. The van der Waals surface area contributed by atoms with Crippen LogP contribution in [0.15, 0.2) is 97.1 Å². The molecule has 0 heterocycles. The minimum atomic E-state index is -0.826. The monoisotopic (exact) mass is 698 g/mol. The van der Waals surface area contributed by atoms with Crippen molar-refractivity contribution in [3.05, 3.63) is 130 Å². The quantitative estimate of drug-likeness (QED) is 0.127. The first-order chi connectivity index (χ1) is 20.6. The molecule has 0 nitrogen and oxygen atoms in total. The Bertz CT molecular complexity index is 1720. The molecule has 0 atom stereocenters. The van der Waals surface area contributed by atoms with Crippen LogP contribution in [0, 0.1) is 34.6 Å². The van der Waals surface area contributed by atoms with Crippen molar-refractivity contribution in [3.8, 4) is 22.3 Å². The summed E-state index contributed by atoms with van der Waals surface area (Å²) in [4.78, 5) is 0. The summed E-state index contributed by atoms with van der Waals surface area (Å²) in [5, 5.41) is 5.43. The van der Waals surface area contributed by atoms with Crippen LogP contribution < -0.4 is 0 Å². The Morgan fingerprint density at radius 3 is 1.42 bits per heavy atom. The Labute approximate surface area is 280 Å². The van der Waals surface area contributed by atoms with Crippen molar-refractivity contribution in [2.45, 2.75) is 61.1 Å². The molecule has 0 aliphatic carbocycles. The Kier molecular flexibility index (Phi) is 14.2. The fourth-order valence-electron chi connectivity index (χ4n) is 5.65. The first kappa shape index (κ1) is 35.3. The summed E-state index contributed by atoms with van der Waals surface area (Å²) in [7, 11) is 11.0. The average Bonchev–Trinajstić information content (AvgIpc) is 3.55. The molecule has 0 amide bonds. The summed E-state index contributed by atoms with van der Waals surface area (Å²) in [5.74, 6) is 0. The molecule has 2 radical (unpaired) electrons. The van der Waals surface area contributed by atoms with Gasteiger partial charge < -0.3 is 0 Å². The van der Waals surface area contributed by atoms with E-state index in [0.29, 0.717) is 0 Å². The Hall–Kier alpha value is -2.22. The zero-order valence-electron chi connectivity index (χ0n) is 26.7. The van der Waals surface area contributed by atoms with E-state index in [1.165, 1.54) is 77.2 Å². The third-order valence-electron chi connectivity index (χ3n) is 7.18. The molecule has 6 aromatic carbocycles. The van der Waals surface area contributed by atoms with E-state index in [1.54, 1.807) is 0 Å². The molecule has 0 fully saturated rings. The molecule has 0 aliphatic rings. The van der Waals surface area contributed by atoms with E-state index in [0.717, 1.165) is 15.9 Å². The second-order valence-electron chi connectivity index (χ2n) is 11.2. The first-order valence-electron chi connectivity index (χ1n) is 14.7. The molecule has 4 heteroatoms. The topological polar surface area (TPSA) is 0 Å². The van der Waals surface area contributed by atoms with E-state index in [2.05, 4.69) is 152 Å². The van der Waals surface area contributed by atoms with Crippen molar-refractivity contribution in [2.75, 3.05) is 0 Å². The molecule has 0 bridgehead atoms. The van der Waals surface area contributed by atoms with Crippen LogP contribution in [0.3, 0.4) is 0 Å². The number of rotatable bonds is 3. The predicted octanol–water partition coefficient (Wildman–Crippen LogP) is 12.7. The second kappa shape index (κ2) is 17.3. The molecule has 0 unspecified atom stereocenters. The zero-order chi connectivity index (χ0) is 31.5. The molecule has 0 aliphatic heterocycles. The second-order valence-corrected chi connectivity index (χ2v) is 15.9. The fraction of sp³-hybridized carbons (Fsp3) is 0.231. The van der Waals surface area contributed by atoms with Gasteiger partial charge in [-0.15, -0.1) is 69.1 Å². The van der Waals surface area contributed by atoms with Crippen molar-refractivity contribution < 1.29 is 20.8 Å². The van der Waals surface area contributed by atoms with Gasteiger partial charge in [-0.3, -0.25) is 0 Å². The SMILES string of the molecule is CCc1cc2c(-c3cc(C)cc(C)c3)cccc2[cH-]1.C[Si]C.Cc1cc(C)cc(-c2cccc3[cH-]c(C)cc23)c1.[Cl][Zr+2][Cl]. The van der Waals surface area contributed by atoms with E-state index in [9.17, 15) is 0 Å². The number of benzene rings is 4. The molecule has 0 aromatic heterocycles. The van der Waals surface area contributed by atoms with Crippen molar-refractivity contribution in [1.29, 1.82) is 0 Å². The van der Waals surface area contributed by atoms with Crippen LogP contribution >= 0.6 is 17.0 Å². The summed E-state index contributed by atoms with van der Waals surface area (Å²) >= 11 is -0.826. The number of hydrogen-bond acceptors (Lipinski definition) is 0. The number of halogens is 2. The molecular formula is C39H42Cl2SiZr. The number of hydrogen-bond donors (Lipinski definition) is 0. The minimum absolute atomic E-state index is 0.826. The number of aryl methyl sites for hydroxylation is 6. The maximum atomic E-state index is 4.93. The van der Waals surface area contributed by atoms with E-state index in [4.69, 9.17) is 17.0 Å². The molecule has 43 heavy (non-hydrogen) atoms. The van der Waals surface area contributed by atoms with Crippen molar-refractivity contribution >= 4 is 48.1 Å². The van der Waals surface area contributed by atoms with Gasteiger partial charge in [-0.05, 0) is 45.2 Å². The summed E-state index contributed by atoms with van der Waals surface area (Å²) in [6.07, 6.45) is 1.10. The van der Waals surface area contributed by atoms with Crippen LogP contribution in [0.4, 0.5) is 0 Å². The fourth-order valence-corrected chi connectivity index (χ4v) is 5.65. The van der Waals surface area contributed by atoms with Crippen LogP contribution in [0.5, 0.6) is 0 Å². The zero-order valence-corrected chi connectivity index (χ0v) is 31.7. The van der Waals surface area contributed by atoms with E-state index >= 15 is 0 Å². The van der Waals surface area contributed by atoms with Gasteiger partial charge in [0.2, 0.25) is 0 Å². The van der Waals surface area contributed by atoms with Gasteiger partial charge in [0.1, 0.15) is 0 Å². The van der Waals surface area contributed by atoms with Gasteiger partial charge in [0.25, 0.3) is 0 Å². The van der Waals surface area contributed by atoms with Gasteiger partial charge in [0.15, 0.2) is 0 Å². The third-order valence-corrected chi connectivity index (χ3v) is 7.18. The standard InChI is InChI=1S/C19H19.C18H17.C2H6Si.2ClH.Zr/c1-4-15-11-16-6-5-7-18(19(16)12-15)17-9-13(2)8-14(3)10-17;1-12-7-13(2)10-16(9-12)17-6-4-5-15-8-14(3)11-18(15)17;1-3-2;;;/h5-12H,4H2,1-3H3;4-11H,1-3H3;1-2H3;2*1H;/q2*-1;;;;+4/p-2. The molecule has 0 saturated carbocycles. The molecule has 0 saturated heterocycles. The van der Waals surface area contributed by atoms with Crippen LogP contribution in [0.1, 0.15) is 40.3 Å². The van der Waals surface area contributed by atoms with Gasteiger partial charge in [0, 0.05) is 9.52 Å². The Morgan fingerprint density at radius 1 is 0.605 bits per heavy atom. The van der Waals surface area contributed by atoms with Crippen LogP contribution in [0.2, 0.25) is 13.1 Å². The van der Waals surface area contributed by atoms with Gasteiger partial charge in [0.05, 0.1) is 0 Å². The molecular weight excluding hydrogens is 659 g/mol. The van der Waals surface area contributed by atoms with Gasteiger partial charge in [-0.2, -0.15) is 12.1 Å². The average molecular weight is 701 g/mol. The van der Waals surface area contributed by atoms with Crippen molar-refractivity contribution in [1.82, 2.24) is 0 Å². The Morgan fingerprint density at radius 2 is 1.00 bits per heavy atom. The van der Waals surface area contributed by atoms with E-state index < -0.39 is 20.8 Å². The summed E-state index contributed by atoms with van der Waals surface area (Å²) in [6.45, 7) is 17.3. The van der Waals surface area contributed by atoms with Crippen molar-refractivity contribution in [3.63, 3.8) is 0 Å². The first-order valence-corrected chi connectivity index (χ1v) is 23.0. The number of fused-ring (bicyclic) bond motifs is 2. The third kappa shape index (κ3) is 9.89. The van der Waals surface area contributed by atoms with Gasteiger partial charge in [-0.25, -0.2) is 0 Å². The molecule has 0 spiro atoms. The van der Waals surface area contributed by atoms with Crippen molar-refractivity contribution in [2.24, 2.45) is 0 Å². The summed E-state index contributed by atoms with van der Waals surface area (Å²) in [5.41, 5.74) is 13.4. The van der Waals surface area contributed by atoms with E-state index in [-0.39, 0.29) is 0 Å².